The number of ether oxygens (including phenoxy) is 1. The lowest BCUT2D eigenvalue weighted by molar-refractivity contribution is -0.123. The van der Waals surface area contributed by atoms with Gasteiger partial charge in [-0.1, -0.05) is 17.7 Å². The molecule has 0 bridgehead atoms. The zero-order valence-electron chi connectivity index (χ0n) is 13.7. The molecular formula is C18H16ClN3O3S. The first-order valence-corrected chi connectivity index (χ1v) is 9.15. The van der Waals surface area contributed by atoms with Crippen LogP contribution in [0.1, 0.15) is 0 Å². The highest BCUT2D eigenvalue weighted by atomic mass is 35.5. The van der Waals surface area contributed by atoms with E-state index in [1.165, 1.54) is 10.7 Å². The Morgan fingerprint density at radius 2 is 2.00 bits per heavy atom. The number of hydrogen-bond acceptors (Lipinski definition) is 5. The minimum absolute atomic E-state index is 0.112. The van der Waals surface area contributed by atoms with Gasteiger partial charge in [-0.3, -0.25) is 9.59 Å². The average molecular weight is 390 g/mol. The number of aromatic nitrogens is 2. The number of nitrogens with one attached hydrogen (secondary N) is 1. The Bertz CT molecular complexity index is 924. The predicted molar refractivity (Wildman–Crippen MR) is 102 cm³/mol. The third-order valence-electron chi connectivity index (χ3n) is 3.47. The maximum Gasteiger partial charge on any atom is 0.266 e. The molecule has 0 atom stereocenters. The van der Waals surface area contributed by atoms with Crippen molar-refractivity contribution in [1.29, 1.82) is 0 Å². The minimum atomic E-state index is -0.276. The lowest BCUT2D eigenvalue weighted by atomic mass is 10.3. The molecular weight excluding hydrogens is 374 g/mol. The van der Waals surface area contributed by atoms with Crippen LogP contribution in [-0.2, 0) is 11.3 Å². The van der Waals surface area contributed by atoms with Crippen molar-refractivity contribution in [1.82, 2.24) is 15.1 Å². The van der Waals surface area contributed by atoms with Crippen LogP contribution in [0.4, 0.5) is 0 Å². The van der Waals surface area contributed by atoms with E-state index in [4.69, 9.17) is 16.3 Å². The number of hydrogen-bond donors (Lipinski definition) is 1. The number of amides is 1. The molecule has 134 valence electrons. The normalized spacial score (nSPS) is 10.5. The molecule has 3 rings (SSSR count). The van der Waals surface area contributed by atoms with Crippen LogP contribution in [-0.4, -0.2) is 28.8 Å². The Morgan fingerprint density at radius 3 is 2.73 bits per heavy atom. The van der Waals surface area contributed by atoms with Gasteiger partial charge < -0.3 is 10.1 Å². The lowest BCUT2D eigenvalue weighted by Crippen LogP contribution is -2.34. The fraction of sp³-hybridized carbons (Fsp3) is 0.167. The molecule has 1 amide bonds. The molecule has 8 heteroatoms. The molecule has 2 heterocycles. The van der Waals surface area contributed by atoms with Gasteiger partial charge in [0.1, 0.15) is 11.4 Å². The number of carbonyl (C=O) groups excluding carboxylic acids is 1. The molecule has 0 spiro atoms. The van der Waals surface area contributed by atoms with Gasteiger partial charge in [-0.05, 0) is 41.8 Å². The molecule has 0 unspecified atom stereocenters. The zero-order valence-corrected chi connectivity index (χ0v) is 15.3. The van der Waals surface area contributed by atoms with Gasteiger partial charge in [-0.25, -0.2) is 4.68 Å². The molecule has 26 heavy (non-hydrogen) atoms. The molecule has 0 saturated carbocycles. The van der Waals surface area contributed by atoms with Gasteiger partial charge in [0, 0.05) is 17.6 Å². The molecule has 0 aliphatic heterocycles. The smallest absolute Gasteiger partial charge is 0.266 e. The molecule has 0 saturated heterocycles. The first-order valence-electron chi connectivity index (χ1n) is 7.89. The van der Waals surface area contributed by atoms with Gasteiger partial charge in [0.25, 0.3) is 11.5 Å². The number of carbonyl (C=O) groups is 1. The van der Waals surface area contributed by atoms with Crippen molar-refractivity contribution in [2.24, 2.45) is 0 Å². The van der Waals surface area contributed by atoms with E-state index in [1.807, 2.05) is 17.5 Å². The van der Waals surface area contributed by atoms with E-state index in [0.717, 1.165) is 10.6 Å². The molecule has 0 aliphatic rings. The van der Waals surface area contributed by atoms with E-state index in [0.29, 0.717) is 10.8 Å². The highest BCUT2D eigenvalue weighted by Crippen LogP contribution is 2.21. The summed E-state index contributed by atoms with van der Waals surface area (Å²) in [6.45, 7) is 0.452. The van der Waals surface area contributed by atoms with E-state index in [1.54, 1.807) is 41.7 Å². The third kappa shape index (κ3) is 4.93. The lowest BCUT2D eigenvalue weighted by Gasteiger charge is -2.09. The largest absolute Gasteiger partial charge is 0.484 e. The van der Waals surface area contributed by atoms with Crippen LogP contribution in [0, 0.1) is 0 Å². The maximum atomic E-state index is 11.9. The summed E-state index contributed by atoms with van der Waals surface area (Å²) in [4.78, 5) is 24.7. The molecule has 1 N–H and O–H groups in total. The van der Waals surface area contributed by atoms with Crippen molar-refractivity contribution < 1.29 is 9.53 Å². The van der Waals surface area contributed by atoms with Crippen molar-refractivity contribution in [3.8, 4) is 16.3 Å². The van der Waals surface area contributed by atoms with Crippen LogP contribution in [0.3, 0.4) is 0 Å². The molecule has 3 aromatic rings. The SMILES string of the molecule is O=C(COc1ccc(Cl)cc1)NCCn1nc(-c2cccs2)ccc1=O. The second-order valence-corrected chi connectivity index (χ2v) is 6.73. The number of rotatable bonds is 7. The highest BCUT2D eigenvalue weighted by Gasteiger charge is 2.06. The second-order valence-electron chi connectivity index (χ2n) is 5.35. The molecule has 2 aromatic heterocycles. The van der Waals surface area contributed by atoms with Gasteiger partial charge in [0.15, 0.2) is 6.61 Å². The molecule has 0 fully saturated rings. The Hall–Kier alpha value is -2.64. The van der Waals surface area contributed by atoms with Crippen LogP contribution in [0.2, 0.25) is 5.02 Å². The molecule has 1 aromatic carbocycles. The Balaban J connectivity index is 1.49. The fourth-order valence-electron chi connectivity index (χ4n) is 2.20. The van der Waals surface area contributed by atoms with E-state index < -0.39 is 0 Å². The van der Waals surface area contributed by atoms with E-state index in [-0.39, 0.29) is 31.2 Å². The van der Waals surface area contributed by atoms with E-state index in [9.17, 15) is 9.59 Å². The Morgan fingerprint density at radius 1 is 1.19 bits per heavy atom. The summed E-state index contributed by atoms with van der Waals surface area (Å²) in [5, 5.41) is 9.59. The Labute approximate surface area is 159 Å². The van der Waals surface area contributed by atoms with Crippen LogP contribution >= 0.6 is 22.9 Å². The van der Waals surface area contributed by atoms with Crippen LogP contribution in [0.5, 0.6) is 5.75 Å². The average Bonchev–Trinajstić information content (AvgIpc) is 3.17. The van der Waals surface area contributed by atoms with Crippen LogP contribution in [0.25, 0.3) is 10.6 Å². The number of nitrogens with zero attached hydrogens (tertiary/aromatic N) is 2. The van der Waals surface area contributed by atoms with Gasteiger partial charge >= 0.3 is 0 Å². The number of thiophene rings is 1. The highest BCUT2D eigenvalue weighted by molar-refractivity contribution is 7.13. The van der Waals surface area contributed by atoms with Gasteiger partial charge in [0.2, 0.25) is 0 Å². The minimum Gasteiger partial charge on any atom is -0.484 e. The number of halogens is 1. The van der Waals surface area contributed by atoms with Crippen molar-refractivity contribution in [3.05, 3.63) is 69.3 Å². The van der Waals surface area contributed by atoms with Crippen molar-refractivity contribution in [3.63, 3.8) is 0 Å². The zero-order chi connectivity index (χ0) is 18.4. The van der Waals surface area contributed by atoms with Crippen LogP contribution in [0.15, 0.2) is 58.7 Å². The summed E-state index contributed by atoms with van der Waals surface area (Å²) >= 11 is 7.34. The molecule has 0 radical (unpaired) electrons. The Kier molecular flexibility index (Phi) is 6.04. The first kappa shape index (κ1) is 18.2. The quantitative estimate of drug-likeness (QED) is 0.674. The van der Waals surface area contributed by atoms with E-state index in [2.05, 4.69) is 10.4 Å². The summed E-state index contributed by atoms with van der Waals surface area (Å²) in [5.74, 6) is 0.286. The van der Waals surface area contributed by atoms with Crippen molar-refractivity contribution in [2.45, 2.75) is 6.54 Å². The maximum absolute atomic E-state index is 11.9. The summed E-state index contributed by atoms with van der Waals surface area (Å²) in [6, 6.07) is 13.8. The summed E-state index contributed by atoms with van der Waals surface area (Å²) in [5.41, 5.74) is 0.522. The summed E-state index contributed by atoms with van der Waals surface area (Å²) in [6.07, 6.45) is 0. The second kappa shape index (κ2) is 8.64. The third-order valence-corrected chi connectivity index (χ3v) is 4.61. The molecule has 0 aliphatic carbocycles. The molecule has 6 nitrogen and oxygen atoms in total. The topological polar surface area (TPSA) is 73.2 Å². The van der Waals surface area contributed by atoms with Crippen molar-refractivity contribution in [2.75, 3.05) is 13.2 Å². The monoisotopic (exact) mass is 389 g/mol. The predicted octanol–water partition coefficient (Wildman–Crippen LogP) is 2.82. The van der Waals surface area contributed by atoms with E-state index >= 15 is 0 Å². The van der Waals surface area contributed by atoms with Gasteiger partial charge in [-0.2, -0.15) is 5.10 Å². The van der Waals surface area contributed by atoms with Crippen LogP contribution < -0.4 is 15.6 Å². The fourth-order valence-corrected chi connectivity index (χ4v) is 3.01. The first-order chi connectivity index (χ1) is 12.6. The van der Waals surface area contributed by atoms with Gasteiger partial charge in [-0.15, -0.1) is 11.3 Å². The summed E-state index contributed by atoms with van der Waals surface area (Å²) < 4.78 is 6.71. The van der Waals surface area contributed by atoms with Crippen molar-refractivity contribution >= 4 is 28.8 Å². The summed E-state index contributed by atoms with van der Waals surface area (Å²) in [7, 11) is 0. The number of benzene rings is 1. The van der Waals surface area contributed by atoms with Gasteiger partial charge in [0.05, 0.1) is 11.4 Å². The standard InChI is InChI=1S/C18H16ClN3O3S/c19-13-3-5-14(6-4-13)25-12-17(23)20-9-10-22-18(24)8-7-15(21-22)16-2-1-11-26-16/h1-8,11H,9-10,12H2,(H,20,23).